The highest BCUT2D eigenvalue weighted by Gasteiger charge is 2.16. The van der Waals surface area contributed by atoms with Crippen LogP contribution in [0, 0.1) is 5.41 Å². The van der Waals surface area contributed by atoms with Gasteiger partial charge in [0.1, 0.15) is 17.9 Å². The molecule has 0 amide bonds. The minimum atomic E-state index is 0.0652. The molecule has 1 saturated heterocycles. The van der Waals surface area contributed by atoms with Gasteiger partial charge in [-0.3, -0.25) is 5.41 Å². The average molecular weight is 339 g/mol. The number of aromatic nitrogens is 2. The molecule has 1 aliphatic heterocycles. The van der Waals surface area contributed by atoms with Crippen molar-refractivity contribution in [3.8, 4) is 5.75 Å². The van der Waals surface area contributed by atoms with Crippen molar-refractivity contribution in [3.05, 3.63) is 41.9 Å². The van der Waals surface area contributed by atoms with Crippen LogP contribution in [-0.4, -0.2) is 34.9 Å². The summed E-state index contributed by atoms with van der Waals surface area (Å²) in [5.41, 5.74) is 8.11. The maximum absolute atomic E-state index is 8.56. The normalized spacial score (nSPS) is 14.6. The van der Waals surface area contributed by atoms with Crippen LogP contribution in [0.25, 0.3) is 0 Å². The van der Waals surface area contributed by atoms with E-state index >= 15 is 0 Å². The largest absolute Gasteiger partial charge is 0.491 e. The predicted molar refractivity (Wildman–Crippen MR) is 101 cm³/mol. The SMILES string of the molecule is CC(C)Oc1ccc(N)c(C(=N)c2cc(N3CCCCC3)ncn2)c1. The predicted octanol–water partition coefficient (Wildman–Crippen LogP) is 3.25. The van der Waals surface area contributed by atoms with E-state index in [1.807, 2.05) is 26.0 Å². The first kappa shape index (κ1) is 17.2. The first-order valence-electron chi connectivity index (χ1n) is 8.77. The van der Waals surface area contributed by atoms with Gasteiger partial charge in [0.2, 0.25) is 0 Å². The molecule has 25 heavy (non-hydrogen) atoms. The van der Waals surface area contributed by atoms with Gasteiger partial charge in [0, 0.05) is 30.4 Å². The summed E-state index contributed by atoms with van der Waals surface area (Å²) in [4.78, 5) is 10.9. The molecule has 1 aliphatic rings. The van der Waals surface area contributed by atoms with Crippen LogP contribution in [0.5, 0.6) is 5.75 Å². The molecule has 0 radical (unpaired) electrons. The number of ether oxygens (including phenoxy) is 1. The van der Waals surface area contributed by atoms with Gasteiger partial charge < -0.3 is 15.4 Å². The molecule has 1 fully saturated rings. The number of benzene rings is 1. The number of piperidine rings is 1. The van der Waals surface area contributed by atoms with E-state index in [1.54, 1.807) is 12.1 Å². The summed E-state index contributed by atoms with van der Waals surface area (Å²) in [5.74, 6) is 1.58. The van der Waals surface area contributed by atoms with Gasteiger partial charge in [0.25, 0.3) is 0 Å². The van der Waals surface area contributed by atoms with E-state index in [-0.39, 0.29) is 11.8 Å². The average Bonchev–Trinajstić information content (AvgIpc) is 2.63. The zero-order valence-corrected chi connectivity index (χ0v) is 14.8. The van der Waals surface area contributed by atoms with Gasteiger partial charge >= 0.3 is 0 Å². The molecule has 132 valence electrons. The molecule has 0 atom stereocenters. The van der Waals surface area contributed by atoms with Crippen LogP contribution in [0.4, 0.5) is 11.5 Å². The van der Waals surface area contributed by atoms with E-state index in [4.69, 9.17) is 15.9 Å². The Kier molecular flexibility index (Phi) is 5.16. The number of rotatable bonds is 5. The highest BCUT2D eigenvalue weighted by Crippen LogP contribution is 2.24. The van der Waals surface area contributed by atoms with Crippen molar-refractivity contribution in [1.29, 1.82) is 5.41 Å². The molecule has 1 aromatic carbocycles. The summed E-state index contributed by atoms with van der Waals surface area (Å²) < 4.78 is 5.72. The van der Waals surface area contributed by atoms with Gasteiger partial charge in [-0.15, -0.1) is 0 Å². The van der Waals surface area contributed by atoms with Crippen molar-refractivity contribution in [1.82, 2.24) is 9.97 Å². The topological polar surface area (TPSA) is 88.1 Å². The second kappa shape index (κ2) is 7.51. The molecule has 1 aromatic heterocycles. The number of nitrogens with two attached hydrogens (primary N) is 1. The lowest BCUT2D eigenvalue weighted by Crippen LogP contribution is -2.30. The summed E-state index contributed by atoms with van der Waals surface area (Å²) in [6.07, 6.45) is 5.22. The molecule has 0 aliphatic carbocycles. The third-order valence-corrected chi connectivity index (χ3v) is 4.25. The Bertz CT molecular complexity index is 753. The van der Waals surface area contributed by atoms with E-state index in [9.17, 15) is 0 Å². The number of hydrogen-bond donors (Lipinski definition) is 2. The molecular formula is C19H25N5O. The molecule has 0 saturated carbocycles. The molecule has 2 aromatic rings. The van der Waals surface area contributed by atoms with Crippen LogP contribution >= 0.6 is 0 Å². The van der Waals surface area contributed by atoms with Gasteiger partial charge in [0.05, 0.1) is 17.5 Å². The van der Waals surface area contributed by atoms with Gasteiger partial charge in [-0.1, -0.05) is 0 Å². The van der Waals surface area contributed by atoms with Gasteiger partial charge in [-0.25, -0.2) is 9.97 Å². The van der Waals surface area contributed by atoms with Crippen LogP contribution in [-0.2, 0) is 0 Å². The molecule has 6 nitrogen and oxygen atoms in total. The van der Waals surface area contributed by atoms with Crippen molar-refractivity contribution in [2.24, 2.45) is 0 Å². The summed E-state index contributed by atoms with van der Waals surface area (Å²) in [7, 11) is 0. The number of hydrogen-bond acceptors (Lipinski definition) is 6. The van der Waals surface area contributed by atoms with Crippen LogP contribution in [0.15, 0.2) is 30.6 Å². The fourth-order valence-corrected chi connectivity index (χ4v) is 3.02. The van der Waals surface area contributed by atoms with Gasteiger partial charge in [-0.2, -0.15) is 0 Å². The quantitative estimate of drug-likeness (QED) is 0.645. The van der Waals surface area contributed by atoms with Crippen LogP contribution in [0.1, 0.15) is 44.4 Å². The van der Waals surface area contributed by atoms with E-state index in [1.165, 1.54) is 25.6 Å². The lowest BCUT2D eigenvalue weighted by molar-refractivity contribution is 0.242. The fraction of sp³-hybridized carbons (Fsp3) is 0.421. The zero-order valence-electron chi connectivity index (χ0n) is 14.8. The van der Waals surface area contributed by atoms with Crippen LogP contribution in [0.2, 0.25) is 0 Å². The molecule has 0 bridgehead atoms. The van der Waals surface area contributed by atoms with Crippen molar-refractivity contribution >= 4 is 17.2 Å². The Labute approximate surface area is 148 Å². The first-order chi connectivity index (χ1) is 12.0. The first-order valence-corrected chi connectivity index (χ1v) is 8.77. The standard InChI is InChI=1S/C19H25N5O/c1-13(2)25-14-6-7-16(20)15(10-14)19(21)17-11-18(23-12-22-17)24-8-4-3-5-9-24/h6-7,10-13,21H,3-5,8-9,20H2,1-2H3. The summed E-state index contributed by atoms with van der Waals surface area (Å²) in [6, 6.07) is 7.28. The highest BCUT2D eigenvalue weighted by atomic mass is 16.5. The minimum Gasteiger partial charge on any atom is -0.491 e. The van der Waals surface area contributed by atoms with E-state index in [0.717, 1.165) is 18.9 Å². The summed E-state index contributed by atoms with van der Waals surface area (Å²) in [5, 5.41) is 8.56. The summed E-state index contributed by atoms with van der Waals surface area (Å²) >= 11 is 0. The maximum atomic E-state index is 8.56. The Morgan fingerprint density at radius 2 is 1.92 bits per heavy atom. The monoisotopic (exact) mass is 339 g/mol. The Balaban J connectivity index is 1.87. The lowest BCUT2D eigenvalue weighted by Gasteiger charge is -2.27. The molecule has 3 rings (SSSR count). The van der Waals surface area contributed by atoms with E-state index in [2.05, 4.69) is 14.9 Å². The van der Waals surface area contributed by atoms with E-state index in [0.29, 0.717) is 22.7 Å². The van der Waals surface area contributed by atoms with Crippen LogP contribution in [0.3, 0.4) is 0 Å². The second-order valence-corrected chi connectivity index (χ2v) is 6.60. The molecule has 6 heteroatoms. The van der Waals surface area contributed by atoms with Crippen LogP contribution < -0.4 is 15.4 Å². The number of nitrogen functional groups attached to an aromatic ring is 1. The van der Waals surface area contributed by atoms with Crippen molar-refractivity contribution < 1.29 is 4.74 Å². The Morgan fingerprint density at radius 3 is 2.64 bits per heavy atom. The maximum Gasteiger partial charge on any atom is 0.132 e. The van der Waals surface area contributed by atoms with Crippen molar-refractivity contribution in [3.63, 3.8) is 0 Å². The Morgan fingerprint density at radius 1 is 1.16 bits per heavy atom. The third kappa shape index (κ3) is 4.07. The zero-order chi connectivity index (χ0) is 17.8. The summed E-state index contributed by atoms with van der Waals surface area (Å²) in [6.45, 7) is 5.95. The fourth-order valence-electron chi connectivity index (χ4n) is 3.02. The molecule has 3 N–H and O–H groups in total. The van der Waals surface area contributed by atoms with Gasteiger partial charge in [-0.05, 0) is 51.3 Å². The number of nitrogens with zero attached hydrogens (tertiary/aromatic N) is 3. The lowest BCUT2D eigenvalue weighted by atomic mass is 10.0. The van der Waals surface area contributed by atoms with Gasteiger partial charge in [0.15, 0.2) is 0 Å². The minimum absolute atomic E-state index is 0.0652. The Hall–Kier alpha value is -2.63. The highest BCUT2D eigenvalue weighted by molar-refractivity contribution is 6.13. The molecule has 0 spiro atoms. The van der Waals surface area contributed by atoms with E-state index < -0.39 is 0 Å². The third-order valence-electron chi connectivity index (χ3n) is 4.25. The second-order valence-electron chi connectivity index (χ2n) is 6.60. The van der Waals surface area contributed by atoms with Crippen molar-refractivity contribution in [2.75, 3.05) is 23.7 Å². The molecule has 0 unspecified atom stereocenters. The molecule has 2 heterocycles. The number of nitrogens with one attached hydrogen (secondary N) is 1. The molecular weight excluding hydrogens is 314 g/mol. The smallest absolute Gasteiger partial charge is 0.132 e. The van der Waals surface area contributed by atoms with Crippen molar-refractivity contribution in [2.45, 2.75) is 39.2 Å². The number of anilines is 2.